The van der Waals surface area contributed by atoms with E-state index >= 15 is 0 Å². The average molecular weight is 332 g/mol. The van der Waals surface area contributed by atoms with E-state index < -0.39 is 17.0 Å². The van der Waals surface area contributed by atoms with Crippen LogP contribution < -0.4 is 4.74 Å². The van der Waals surface area contributed by atoms with Crippen molar-refractivity contribution in [1.82, 2.24) is 0 Å². The maximum absolute atomic E-state index is 12.1. The summed E-state index contributed by atoms with van der Waals surface area (Å²) in [7, 11) is 1.22. The highest BCUT2D eigenvalue weighted by molar-refractivity contribution is 7.80. The fourth-order valence-corrected chi connectivity index (χ4v) is 2.27. The lowest BCUT2D eigenvalue weighted by molar-refractivity contribution is -0.138. The van der Waals surface area contributed by atoms with Crippen molar-refractivity contribution in [2.24, 2.45) is 0 Å². The van der Waals surface area contributed by atoms with Crippen LogP contribution >= 0.6 is 0 Å². The number of benzene rings is 2. The Morgan fingerprint density at radius 2 is 1.70 bits per heavy atom. The third-order valence-electron chi connectivity index (χ3n) is 2.81. The van der Waals surface area contributed by atoms with E-state index in [1.807, 2.05) is 25.1 Å². The number of carbonyl (C=O) groups is 1. The van der Waals surface area contributed by atoms with Gasteiger partial charge in [0.2, 0.25) is 16.8 Å². The van der Waals surface area contributed by atoms with Gasteiger partial charge in [-0.15, -0.1) is 0 Å². The van der Waals surface area contributed by atoms with Crippen LogP contribution in [-0.2, 0) is 24.8 Å². The van der Waals surface area contributed by atoms with Gasteiger partial charge in [-0.3, -0.25) is 0 Å². The van der Waals surface area contributed by atoms with Crippen LogP contribution in [0.4, 0.5) is 0 Å². The molecular formula is C17H16O5S. The van der Waals surface area contributed by atoms with E-state index in [1.165, 1.54) is 7.11 Å². The van der Waals surface area contributed by atoms with Crippen molar-refractivity contribution >= 4 is 17.0 Å². The summed E-state index contributed by atoms with van der Waals surface area (Å²) in [6, 6.07) is 15.7. The maximum atomic E-state index is 12.1. The second-order valence-electron chi connectivity index (χ2n) is 4.53. The van der Waals surface area contributed by atoms with Crippen LogP contribution in [0.3, 0.4) is 0 Å². The predicted molar refractivity (Wildman–Crippen MR) is 85.8 cm³/mol. The second-order valence-corrected chi connectivity index (χ2v) is 5.67. The Bertz CT molecular complexity index is 708. The Labute approximate surface area is 137 Å². The molecule has 0 saturated heterocycles. The van der Waals surface area contributed by atoms with Gasteiger partial charge in [0.05, 0.1) is 12.0 Å². The van der Waals surface area contributed by atoms with Gasteiger partial charge in [0.1, 0.15) is 5.75 Å². The Balaban J connectivity index is 2.12. The minimum atomic E-state index is -1.75. The van der Waals surface area contributed by atoms with Crippen LogP contribution in [0.1, 0.15) is 5.56 Å². The summed E-state index contributed by atoms with van der Waals surface area (Å²) >= 11 is -1.75. The van der Waals surface area contributed by atoms with Crippen molar-refractivity contribution in [3.63, 3.8) is 0 Å². The Morgan fingerprint density at radius 3 is 2.30 bits per heavy atom. The largest absolute Gasteiger partial charge is 0.463 e. The Hall–Kier alpha value is -2.60. The van der Waals surface area contributed by atoms with Crippen molar-refractivity contribution < 1.29 is 22.7 Å². The summed E-state index contributed by atoms with van der Waals surface area (Å²) in [5.41, 5.74) is 1.05. The van der Waals surface area contributed by atoms with Crippen LogP contribution in [-0.4, -0.2) is 17.3 Å². The van der Waals surface area contributed by atoms with Crippen LogP contribution in [0.15, 0.2) is 71.5 Å². The number of hydrogen-bond acceptors (Lipinski definition) is 5. The van der Waals surface area contributed by atoms with Gasteiger partial charge in [0, 0.05) is 0 Å². The van der Waals surface area contributed by atoms with Gasteiger partial charge in [-0.2, -0.15) is 0 Å². The van der Waals surface area contributed by atoms with Crippen molar-refractivity contribution in [3.05, 3.63) is 72.2 Å². The zero-order chi connectivity index (χ0) is 16.7. The molecule has 120 valence electrons. The number of hydrogen-bond donors (Lipinski definition) is 0. The van der Waals surface area contributed by atoms with E-state index in [0.717, 1.165) is 11.8 Å². The van der Waals surface area contributed by atoms with Gasteiger partial charge < -0.3 is 13.7 Å². The molecule has 0 amide bonds. The third-order valence-corrected chi connectivity index (χ3v) is 3.74. The van der Waals surface area contributed by atoms with E-state index in [-0.39, 0.29) is 5.76 Å². The molecule has 2 aromatic carbocycles. The molecule has 0 bridgehead atoms. The van der Waals surface area contributed by atoms with Crippen molar-refractivity contribution in [2.45, 2.75) is 11.8 Å². The first-order valence-electron chi connectivity index (χ1n) is 6.77. The smallest absolute Gasteiger partial charge is 0.377 e. The summed E-state index contributed by atoms with van der Waals surface area (Å²) in [6.07, 6.45) is 0.995. The summed E-state index contributed by atoms with van der Waals surface area (Å²) in [6.45, 7) is 1.93. The van der Waals surface area contributed by atoms with Crippen LogP contribution in [0, 0.1) is 6.92 Å². The van der Waals surface area contributed by atoms with Crippen LogP contribution in [0.25, 0.3) is 0 Å². The highest BCUT2D eigenvalue weighted by Gasteiger charge is 2.15. The number of methoxy groups -OCH3 is 1. The highest BCUT2D eigenvalue weighted by atomic mass is 32.2. The molecule has 6 heteroatoms. The molecule has 0 aromatic heterocycles. The number of para-hydroxylation sites is 1. The van der Waals surface area contributed by atoms with E-state index in [4.69, 9.17) is 8.92 Å². The normalized spacial score (nSPS) is 12.3. The van der Waals surface area contributed by atoms with E-state index in [0.29, 0.717) is 10.6 Å². The number of carbonyl (C=O) groups excluding carboxylic acids is 1. The highest BCUT2D eigenvalue weighted by Crippen LogP contribution is 2.15. The summed E-state index contributed by atoms with van der Waals surface area (Å²) in [5, 5.41) is 0. The number of aryl methyl sites for hydroxylation is 1. The molecule has 0 fully saturated rings. The lowest BCUT2D eigenvalue weighted by atomic mass is 10.2. The fraction of sp³-hybridized carbons (Fsp3) is 0.118. The molecule has 2 aromatic rings. The molecule has 2 rings (SSSR count). The molecule has 0 aliphatic rings. The molecule has 0 saturated carbocycles. The van der Waals surface area contributed by atoms with Gasteiger partial charge in [-0.1, -0.05) is 35.9 Å². The first-order valence-corrected chi connectivity index (χ1v) is 7.84. The molecule has 1 atom stereocenters. The van der Waals surface area contributed by atoms with Crippen LogP contribution in [0.2, 0.25) is 0 Å². The summed E-state index contributed by atoms with van der Waals surface area (Å²) < 4.78 is 27.2. The molecular weight excluding hydrogens is 316 g/mol. The van der Waals surface area contributed by atoms with Crippen molar-refractivity contribution in [1.29, 1.82) is 0 Å². The number of ether oxygens (including phenoxy) is 2. The van der Waals surface area contributed by atoms with Crippen molar-refractivity contribution in [2.75, 3.05) is 7.11 Å². The van der Waals surface area contributed by atoms with E-state index in [1.54, 1.807) is 36.4 Å². The second kappa shape index (κ2) is 8.14. The van der Waals surface area contributed by atoms with Gasteiger partial charge in [0.25, 0.3) is 0 Å². The Morgan fingerprint density at radius 1 is 1.04 bits per heavy atom. The fourth-order valence-electron chi connectivity index (χ4n) is 1.62. The molecule has 0 spiro atoms. The lowest BCUT2D eigenvalue weighted by Gasteiger charge is -2.08. The van der Waals surface area contributed by atoms with Gasteiger partial charge >= 0.3 is 5.97 Å². The molecule has 0 aliphatic heterocycles. The molecule has 1 unspecified atom stereocenters. The molecule has 0 radical (unpaired) electrons. The van der Waals surface area contributed by atoms with E-state index in [2.05, 4.69) is 4.74 Å². The first-order chi connectivity index (χ1) is 11.1. The monoisotopic (exact) mass is 332 g/mol. The van der Waals surface area contributed by atoms with Gasteiger partial charge in [0.15, 0.2) is 6.26 Å². The molecule has 23 heavy (non-hydrogen) atoms. The molecule has 0 N–H and O–H groups in total. The zero-order valence-corrected chi connectivity index (χ0v) is 13.5. The first kappa shape index (κ1) is 16.8. The summed E-state index contributed by atoms with van der Waals surface area (Å²) in [4.78, 5) is 12.2. The number of rotatable bonds is 6. The predicted octanol–water partition coefficient (Wildman–Crippen LogP) is 3.13. The average Bonchev–Trinajstić information content (AvgIpc) is 2.59. The molecule has 0 heterocycles. The molecule has 0 aliphatic carbocycles. The minimum Gasteiger partial charge on any atom is -0.463 e. The van der Waals surface area contributed by atoms with Gasteiger partial charge in [-0.25, -0.2) is 9.00 Å². The standard InChI is InChI=1S/C17H16O5S/c1-13-8-10-15(11-9-13)23(19)21-12-16(17(18)20-2)22-14-6-4-3-5-7-14/h3-12H,1-2H3. The Kier molecular flexibility index (Phi) is 5.94. The van der Waals surface area contributed by atoms with E-state index in [9.17, 15) is 9.00 Å². The minimum absolute atomic E-state index is 0.195. The summed E-state index contributed by atoms with van der Waals surface area (Å²) in [5.74, 6) is -0.484. The zero-order valence-electron chi connectivity index (χ0n) is 12.7. The number of esters is 1. The van der Waals surface area contributed by atoms with Crippen LogP contribution in [0.5, 0.6) is 5.75 Å². The van der Waals surface area contributed by atoms with Crippen molar-refractivity contribution in [3.8, 4) is 5.75 Å². The molecule has 5 nitrogen and oxygen atoms in total. The maximum Gasteiger partial charge on any atom is 0.377 e. The lowest BCUT2D eigenvalue weighted by Crippen LogP contribution is -2.11. The topological polar surface area (TPSA) is 61.8 Å². The van der Waals surface area contributed by atoms with Gasteiger partial charge in [-0.05, 0) is 31.2 Å². The SMILES string of the molecule is COC(=O)C(=COS(=O)c1ccc(C)cc1)Oc1ccccc1. The quantitative estimate of drug-likeness (QED) is 0.462. The third kappa shape index (κ3) is 4.96.